The summed E-state index contributed by atoms with van der Waals surface area (Å²) in [5.74, 6) is 0. The fourth-order valence-corrected chi connectivity index (χ4v) is 2.68. The van der Waals surface area contributed by atoms with Crippen molar-refractivity contribution in [2.75, 3.05) is 26.7 Å². The molecule has 28 heavy (non-hydrogen) atoms. The van der Waals surface area contributed by atoms with E-state index in [1.54, 1.807) is 4.68 Å². The molecule has 8 nitrogen and oxygen atoms in total. The zero-order valence-corrected chi connectivity index (χ0v) is 16.8. The summed E-state index contributed by atoms with van der Waals surface area (Å²) >= 11 is 0. The van der Waals surface area contributed by atoms with E-state index in [-0.39, 0.29) is 13.2 Å². The molecule has 8 heteroatoms. The Labute approximate surface area is 166 Å². The topological polar surface area (TPSA) is 92.5 Å². The van der Waals surface area contributed by atoms with Crippen molar-refractivity contribution in [3.05, 3.63) is 47.8 Å². The van der Waals surface area contributed by atoms with Crippen LogP contribution in [0.25, 0.3) is 0 Å². The van der Waals surface area contributed by atoms with Crippen molar-refractivity contribution in [2.24, 2.45) is 0 Å². The number of carbonyl (C=O) groups excluding carboxylic acids is 1. The molecule has 154 valence electrons. The maximum absolute atomic E-state index is 11.5. The van der Waals surface area contributed by atoms with Crippen molar-refractivity contribution >= 4 is 6.09 Å². The normalized spacial score (nSPS) is 12.1. The summed E-state index contributed by atoms with van der Waals surface area (Å²) in [6.45, 7) is 4.37. The van der Waals surface area contributed by atoms with E-state index in [1.807, 2.05) is 38.4 Å². The minimum atomic E-state index is -0.831. The van der Waals surface area contributed by atoms with Crippen LogP contribution in [0.15, 0.2) is 36.5 Å². The molecule has 1 aromatic heterocycles. The lowest BCUT2D eigenvalue weighted by atomic mass is 10.1. The van der Waals surface area contributed by atoms with Crippen molar-refractivity contribution in [3.8, 4) is 0 Å². The Balaban J connectivity index is 1.67. The SMILES string of the molecule is CCCCNC(=O)OCC(O)Cn1cc(CN(C)CCc2ccccc2)nn1. The largest absolute Gasteiger partial charge is 0.447 e. The molecule has 2 aromatic rings. The van der Waals surface area contributed by atoms with E-state index in [9.17, 15) is 9.90 Å². The summed E-state index contributed by atoms with van der Waals surface area (Å²) < 4.78 is 6.57. The van der Waals surface area contributed by atoms with Gasteiger partial charge in [0.15, 0.2) is 0 Å². The molecule has 0 radical (unpaired) electrons. The van der Waals surface area contributed by atoms with Crippen LogP contribution in [0, 0.1) is 0 Å². The Morgan fingerprint density at radius 2 is 2.14 bits per heavy atom. The van der Waals surface area contributed by atoms with Crippen LogP contribution in [-0.2, 0) is 24.2 Å². The number of rotatable bonds is 12. The summed E-state index contributed by atoms with van der Waals surface area (Å²) in [6, 6.07) is 10.4. The number of aliphatic hydroxyl groups is 1. The monoisotopic (exact) mass is 389 g/mol. The van der Waals surface area contributed by atoms with Crippen LogP contribution in [0.5, 0.6) is 0 Å². The van der Waals surface area contributed by atoms with Crippen LogP contribution in [0.3, 0.4) is 0 Å². The van der Waals surface area contributed by atoms with E-state index in [1.165, 1.54) is 5.56 Å². The van der Waals surface area contributed by atoms with Crippen molar-refractivity contribution in [2.45, 2.75) is 45.4 Å². The molecule has 0 spiro atoms. The van der Waals surface area contributed by atoms with Crippen LogP contribution in [0.2, 0.25) is 0 Å². The zero-order chi connectivity index (χ0) is 20.2. The van der Waals surface area contributed by atoms with Gasteiger partial charge >= 0.3 is 6.09 Å². The summed E-state index contributed by atoms with van der Waals surface area (Å²) in [5, 5.41) is 20.8. The predicted molar refractivity (Wildman–Crippen MR) is 107 cm³/mol. The first kappa shape index (κ1) is 21.8. The van der Waals surface area contributed by atoms with Crippen molar-refractivity contribution in [1.29, 1.82) is 0 Å². The van der Waals surface area contributed by atoms with Crippen LogP contribution >= 0.6 is 0 Å². The summed E-state index contributed by atoms with van der Waals surface area (Å²) in [6.07, 6.45) is 3.35. The number of benzene rings is 1. The average molecular weight is 390 g/mol. The molecular formula is C20H31N5O3. The Morgan fingerprint density at radius 3 is 2.89 bits per heavy atom. The minimum absolute atomic E-state index is 0.0792. The van der Waals surface area contributed by atoms with E-state index in [2.05, 4.69) is 32.7 Å². The first-order valence-electron chi connectivity index (χ1n) is 9.77. The predicted octanol–water partition coefficient (Wildman–Crippen LogP) is 1.84. The van der Waals surface area contributed by atoms with Crippen molar-refractivity contribution in [3.63, 3.8) is 0 Å². The maximum Gasteiger partial charge on any atom is 0.407 e. The molecule has 2 rings (SSSR count). The van der Waals surface area contributed by atoms with Gasteiger partial charge in [-0.1, -0.05) is 48.9 Å². The number of nitrogens with zero attached hydrogens (tertiary/aromatic N) is 4. The standard InChI is InChI=1S/C20H31N5O3/c1-3-4-11-21-20(27)28-16-19(26)15-25-14-18(22-23-25)13-24(2)12-10-17-8-6-5-7-9-17/h5-9,14,19,26H,3-4,10-13,15-16H2,1-2H3,(H,21,27). The molecule has 1 heterocycles. The second-order valence-electron chi connectivity index (χ2n) is 6.94. The number of amides is 1. The fraction of sp³-hybridized carbons (Fsp3) is 0.550. The van der Waals surface area contributed by atoms with Crippen LogP contribution in [-0.4, -0.2) is 63.9 Å². The Morgan fingerprint density at radius 1 is 1.36 bits per heavy atom. The minimum Gasteiger partial charge on any atom is -0.447 e. The number of aliphatic hydroxyl groups excluding tert-OH is 1. The lowest BCUT2D eigenvalue weighted by Crippen LogP contribution is -2.30. The molecule has 1 amide bonds. The second kappa shape index (κ2) is 12.1. The molecule has 0 saturated heterocycles. The summed E-state index contributed by atoms with van der Waals surface area (Å²) in [5.41, 5.74) is 2.14. The van der Waals surface area contributed by atoms with Crippen molar-refractivity contribution in [1.82, 2.24) is 25.2 Å². The van der Waals surface area contributed by atoms with Crippen LogP contribution < -0.4 is 5.32 Å². The molecule has 1 atom stereocenters. The number of aromatic nitrogens is 3. The Hall–Kier alpha value is -2.45. The highest BCUT2D eigenvalue weighted by Gasteiger charge is 2.11. The number of carbonyl (C=O) groups is 1. The van der Waals surface area contributed by atoms with Gasteiger partial charge in [-0.25, -0.2) is 9.48 Å². The molecule has 0 bridgehead atoms. The Bertz CT molecular complexity index is 692. The lowest BCUT2D eigenvalue weighted by molar-refractivity contribution is 0.0563. The van der Waals surface area contributed by atoms with Gasteiger partial charge in [-0.15, -0.1) is 5.10 Å². The highest BCUT2D eigenvalue weighted by molar-refractivity contribution is 5.67. The third-order valence-corrected chi connectivity index (χ3v) is 4.25. The van der Waals surface area contributed by atoms with Gasteiger partial charge in [0.2, 0.25) is 0 Å². The molecule has 0 aliphatic rings. The molecule has 0 fully saturated rings. The fourth-order valence-electron chi connectivity index (χ4n) is 2.68. The number of nitrogens with one attached hydrogen (secondary N) is 1. The second-order valence-corrected chi connectivity index (χ2v) is 6.94. The molecule has 1 unspecified atom stereocenters. The van der Waals surface area contributed by atoms with Gasteiger partial charge in [0.05, 0.1) is 12.2 Å². The quantitative estimate of drug-likeness (QED) is 0.538. The van der Waals surface area contributed by atoms with Gasteiger partial charge in [-0.05, 0) is 25.5 Å². The first-order chi connectivity index (χ1) is 13.6. The summed E-state index contributed by atoms with van der Waals surface area (Å²) in [4.78, 5) is 13.7. The van der Waals surface area contributed by atoms with Crippen molar-refractivity contribution < 1.29 is 14.6 Å². The third kappa shape index (κ3) is 8.49. The lowest BCUT2D eigenvalue weighted by Gasteiger charge is -2.14. The van der Waals surface area contributed by atoms with E-state index in [0.29, 0.717) is 13.1 Å². The maximum atomic E-state index is 11.5. The average Bonchev–Trinajstić information content (AvgIpc) is 3.12. The van der Waals surface area contributed by atoms with E-state index in [4.69, 9.17) is 4.74 Å². The summed E-state index contributed by atoms with van der Waals surface area (Å²) in [7, 11) is 2.04. The number of ether oxygens (including phenoxy) is 1. The molecule has 1 aromatic carbocycles. The number of likely N-dealkylation sites (N-methyl/N-ethyl adjacent to an activating group) is 1. The molecule has 2 N–H and O–H groups in total. The van der Waals surface area contributed by atoms with Crippen LogP contribution in [0.4, 0.5) is 4.79 Å². The number of hydrogen-bond acceptors (Lipinski definition) is 6. The highest BCUT2D eigenvalue weighted by atomic mass is 16.6. The molecule has 0 saturated carbocycles. The van der Waals surface area contributed by atoms with Crippen LogP contribution in [0.1, 0.15) is 31.0 Å². The van der Waals surface area contributed by atoms with E-state index >= 15 is 0 Å². The van der Waals surface area contributed by atoms with E-state index < -0.39 is 12.2 Å². The Kier molecular flexibility index (Phi) is 9.44. The smallest absolute Gasteiger partial charge is 0.407 e. The van der Waals surface area contributed by atoms with Gasteiger partial charge in [0.25, 0.3) is 0 Å². The van der Waals surface area contributed by atoms with Gasteiger partial charge in [0, 0.05) is 25.8 Å². The highest BCUT2D eigenvalue weighted by Crippen LogP contribution is 2.04. The van der Waals surface area contributed by atoms with Gasteiger partial charge in [-0.3, -0.25) is 0 Å². The first-order valence-corrected chi connectivity index (χ1v) is 9.77. The number of unbranched alkanes of at least 4 members (excludes halogenated alkanes) is 1. The van der Waals surface area contributed by atoms with Gasteiger partial charge in [0.1, 0.15) is 12.7 Å². The molecule has 0 aliphatic carbocycles. The molecule has 0 aliphatic heterocycles. The van der Waals surface area contributed by atoms with E-state index in [0.717, 1.165) is 31.5 Å². The zero-order valence-electron chi connectivity index (χ0n) is 16.8. The van der Waals surface area contributed by atoms with Gasteiger partial charge in [-0.2, -0.15) is 0 Å². The number of hydrogen-bond donors (Lipinski definition) is 2. The molecular weight excluding hydrogens is 358 g/mol. The van der Waals surface area contributed by atoms with Gasteiger partial charge < -0.3 is 20.1 Å². The third-order valence-electron chi connectivity index (χ3n) is 4.25. The number of alkyl carbamates (subject to hydrolysis) is 1.